The largest absolute Gasteiger partial charge is 0.496 e. The maximum absolute atomic E-state index is 5.26. The van der Waals surface area contributed by atoms with E-state index in [0.717, 1.165) is 5.56 Å². The standard InChI is InChI=1S/C9H9ClO/c10-6-7-11-8-9-4-2-1-3-5-9/h1-7H,8H2. The van der Waals surface area contributed by atoms with Crippen molar-refractivity contribution in [2.75, 3.05) is 0 Å². The summed E-state index contributed by atoms with van der Waals surface area (Å²) in [5.41, 5.74) is 2.49. The zero-order chi connectivity index (χ0) is 7.94. The Kier molecular flexibility index (Phi) is 3.56. The molecule has 2 heteroatoms. The van der Waals surface area contributed by atoms with E-state index in [1.54, 1.807) is 0 Å². The summed E-state index contributed by atoms with van der Waals surface area (Å²) >= 11 is 5.26. The average molecular weight is 169 g/mol. The molecule has 1 nitrogen and oxygen atoms in total. The maximum atomic E-state index is 5.26. The summed E-state index contributed by atoms with van der Waals surface area (Å²) in [6.45, 7) is 0.573. The molecule has 0 aliphatic rings. The highest BCUT2D eigenvalue weighted by atomic mass is 35.5. The second-order valence-electron chi connectivity index (χ2n) is 2.06. The SMILES string of the molecule is ClC=COCc1ccccc1. The van der Waals surface area contributed by atoms with Crippen LogP contribution >= 0.6 is 11.6 Å². The molecule has 0 N–H and O–H groups in total. The van der Waals surface area contributed by atoms with Crippen LogP contribution in [0.4, 0.5) is 0 Å². The van der Waals surface area contributed by atoms with Gasteiger partial charge in [-0.15, -0.1) is 0 Å². The summed E-state index contributed by atoms with van der Waals surface area (Å²) in [5.74, 6) is 0. The summed E-state index contributed by atoms with van der Waals surface area (Å²) in [6, 6.07) is 9.93. The molecule has 0 unspecified atom stereocenters. The van der Waals surface area contributed by atoms with E-state index in [1.807, 2.05) is 30.3 Å². The van der Waals surface area contributed by atoms with E-state index >= 15 is 0 Å². The predicted octanol–water partition coefficient (Wildman–Crippen LogP) is 2.91. The first-order valence-electron chi connectivity index (χ1n) is 3.34. The molecule has 0 bridgehead atoms. The molecule has 0 aromatic heterocycles. The smallest absolute Gasteiger partial charge is 0.112 e. The fraction of sp³-hybridized carbons (Fsp3) is 0.111. The molecule has 1 aromatic carbocycles. The molecule has 0 fully saturated rings. The van der Waals surface area contributed by atoms with E-state index in [-0.39, 0.29) is 0 Å². The number of hydrogen-bond acceptors (Lipinski definition) is 1. The number of rotatable bonds is 3. The normalized spacial score (nSPS) is 10.3. The van der Waals surface area contributed by atoms with Crippen LogP contribution in [-0.2, 0) is 11.3 Å². The molecule has 0 aliphatic carbocycles. The molecule has 0 saturated heterocycles. The van der Waals surface area contributed by atoms with Gasteiger partial charge in [-0.1, -0.05) is 41.9 Å². The van der Waals surface area contributed by atoms with Crippen LogP contribution < -0.4 is 0 Å². The van der Waals surface area contributed by atoms with Gasteiger partial charge in [-0.2, -0.15) is 0 Å². The quantitative estimate of drug-likeness (QED) is 0.631. The summed E-state index contributed by atoms with van der Waals surface area (Å²) in [7, 11) is 0. The number of hydrogen-bond donors (Lipinski definition) is 0. The zero-order valence-corrected chi connectivity index (χ0v) is 6.79. The van der Waals surface area contributed by atoms with Gasteiger partial charge in [0.2, 0.25) is 0 Å². The van der Waals surface area contributed by atoms with Crippen molar-refractivity contribution in [2.45, 2.75) is 6.61 Å². The lowest BCUT2D eigenvalue weighted by Gasteiger charge is -1.98. The van der Waals surface area contributed by atoms with E-state index < -0.39 is 0 Å². The third-order valence-electron chi connectivity index (χ3n) is 1.24. The number of benzene rings is 1. The molecule has 0 amide bonds. The second-order valence-corrected chi connectivity index (χ2v) is 2.31. The number of ether oxygens (including phenoxy) is 1. The van der Waals surface area contributed by atoms with Gasteiger partial charge in [0, 0.05) is 5.54 Å². The monoisotopic (exact) mass is 168 g/mol. The predicted molar refractivity (Wildman–Crippen MR) is 46.2 cm³/mol. The third-order valence-corrected chi connectivity index (χ3v) is 1.34. The molecule has 11 heavy (non-hydrogen) atoms. The van der Waals surface area contributed by atoms with Crippen molar-refractivity contribution < 1.29 is 4.74 Å². The van der Waals surface area contributed by atoms with Crippen LogP contribution in [0.25, 0.3) is 0 Å². The Balaban J connectivity index is 2.39. The fourth-order valence-electron chi connectivity index (χ4n) is 0.755. The summed E-state index contributed by atoms with van der Waals surface area (Å²) in [4.78, 5) is 0. The first-order valence-corrected chi connectivity index (χ1v) is 3.78. The summed E-state index contributed by atoms with van der Waals surface area (Å²) < 4.78 is 5.06. The van der Waals surface area contributed by atoms with Gasteiger partial charge in [-0.25, -0.2) is 0 Å². The van der Waals surface area contributed by atoms with Crippen molar-refractivity contribution >= 4 is 11.6 Å². The Morgan fingerprint density at radius 1 is 1.27 bits per heavy atom. The van der Waals surface area contributed by atoms with E-state index in [9.17, 15) is 0 Å². The fourth-order valence-corrected chi connectivity index (χ4v) is 0.828. The van der Waals surface area contributed by atoms with Crippen LogP contribution in [0, 0.1) is 0 Å². The second kappa shape index (κ2) is 4.80. The van der Waals surface area contributed by atoms with Crippen LogP contribution in [0.3, 0.4) is 0 Å². The molecule has 0 radical (unpaired) electrons. The summed E-state index contributed by atoms with van der Waals surface area (Å²) in [6.07, 6.45) is 1.47. The third kappa shape index (κ3) is 3.10. The van der Waals surface area contributed by atoms with E-state index in [4.69, 9.17) is 16.3 Å². The Morgan fingerprint density at radius 2 is 2.00 bits per heavy atom. The molecule has 0 saturated carbocycles. The molecule has 0 atom stereocenters. The zero-order valence-electron chi connectivity index (χ0n) is 6.03. The van der Waals surface area contributed by atoms with Crippen LogP contribution in [0.1, 0.15) is 5.56 Å². The van der Waals surface area contributed by atoms with Gasteiger partial charge in [0.05, 0.1) is 6.26 Å². The van der Waals surface area contributed by atoms with Gasteiger partial charge in [0.1, 0.15) is 6.61 Å². The van der Waals surface area contributed by atoms with Crippen molar-refractivity contribution in [3.63, 3.8) is 0 Å². The Hall–Kier alpha value is -0.950. The van der Waals surface area contributed by atoms with Gasteiger partial charge >= 0.3 is 0 Å². The molecule has 1 aromatic rings. The van der Waals surface area contributed by atoms with E-state index in [1.165, 1.54) is 11.8 Å². The van der Waals surface area contributed by atoms with Gasteiger partial charge in [-0.3, -0.25) is 0 Å². The first kappa shape index (κ1) is 8.15. The molecular formula is C9H9ClO. The van der Waals surface area contributed by atoms with E-state index in [0.29, 0.717) is 6.61 Å². The van der Waals surface area contributed by atoms with Crippen molar-refractivity contribution in [1.29, 1.82) is 0 Å². The highest BCUT2D eigenvalue weighted by molar-refractivity contribution is 6.25. The molecule has 0 spiro atoms. The topological polar surface area (TPSA) is 9.23 Å². The lowest BCUT2D eigenvalue weighted by Crippen LogP contribution is -1.83. The molecule has 1 rings (SSSR count). The average Bonchev–Trinajstić information content (AvgIpc) is 2.07. The molecule has 58 valence electrons. The van der Waals surface area contributed by atoms with Crippen molar-refractivity contribution in [3.05, 3.63) is 47.7 Å². The minimum atomic E-state index is 0.573. The Bertz CT molecular complexity index is 218. The molecule has 0 aliphatic heterocycles. The van der Waals surface area contributed by atoms with Crippen LogP contribution in [0.15, 0.2) is 42.1 Å². The lowest BCUT2D eigenvalue weighted by atomic mass is 10.2. The number of halogens is 1. The highest BCUT2D eigenvalue weighted by Crippen LogP contribution is 2.00. The van der Waals surface area contributed by atoms with Crippen molar-refractivity contribution in [1.82, 2.24) is 0 Å². The Morgan fingerprint density at radius 3 is 2.64 bits per heavy atom. The van der Waals surface area contributed by atoms with Crippen molar-refractivity contribution in [2.24, 2.45) is 0 Å². The van der Waals surface area contributed by atoms with Gasteiger partial charge < -0.3 is 4.74 Å². The van der Waals surface area contributed by atoms with Crippen LogP contribution in [0.2, 0.25) is 0 Å². The van der Waals surface area contributed by atoms with Crippen molar-refractivity contribution in [3.8, 4) is 0 Å². The van der Waals surface area contributed by atoms with Crippen LogP contribution in [0.5, 0.6) is 0 Å². The first-order chi connectivity index (χ1) is 5.43. The minimum absolute atomic E-state index is 0.573. The lowest BCUT2D eigenvalue weighted by molar-refractivity contribution is 0.237. The van der Waals surface area contributed by atoms with Gasteiger partial charge in [0.15, 0.2) is 0 Å². The summed E-state index contributed by atoms with van der Waals surface area (Å²) in [5, 5.41) is 0. The van der Waals surface area contributed by atoms with Gasteiger partial charge in [-0.05, 0) is 5.56 Å². The Labute approximate surface area is 71.3 Å². The van der Waals surface area contributed by atoms with Gasteiger partial charge in [0.25, 0.3) is 0 Å². The molecule has 0 heterocycles. The van der Waals surface area contributed by atoms with E-state index in [2.05, 4.69) is 0 Å². The van der Waals surface area contributed by atoms with Crippen LogP contribution in [-0.4, -0.2) is 0 Å². The maximum Gasteiger partial charge on any atom is 0.112 e. The minimum Gasteiger partial charge on any atom is -0.496 e. The molecular weight excluding hydrogens is 160 g/mol. The highest BCUT2D eigenvalue weighted by Gasteiger charge is 1.86.